The van der Waals surface area contributed by atoms with E-state index in [0.29, 0.717) is 19.3 Å². The van der Waals surface area contributed by atoms with Crippen LogP contribution in [-0.2, 0) is 13.0 Å². The fourth-order valence-electron chi connectivity index (χ4n) is 4.10. The molecule has 2 heterocycles. The lowest BCUT2D eigenvalue weighted by molar-refractivity contribution is 0.174. The summed E-state index contributed by atoms with van der Waals surface area (Å²) in [6, 6.07) is 13.1. The lowest BCUT2D eigenvalue weighted by atomic mass is 9.96. The van der Waals surface area contributed by atoms with Gasteiger partial charge in [0.05, 0.1) is 0 Å². The van der Waals surface area contributed by atoms with E-state index >= 15 is 0 Å². The van der Waals surface area contributed by atoms with Crippen LogP contribution in [0, 0.1) is 11.7 Å². The minimum absolute atomic E-state index is 0. The Morgan fingerprint density at radius 2 is 1.88 bits per heavy atom. The summed E-state index contributed by atoms with van der Waals surface area (Å²) in [6.45, 7) is 4.68. The van der Waals surface area contributed by atoms with Crippen LogP contribution < -0.4 is 20.1 Å². The van der Waals surface area contributed by atoms with Crippen molar-refractivity contribution in [2.75, 3.05) is 40.0 Å². The van der Waals surface area contributed by atoms with Gasteiger partial charge in [0.1, 0.15) is 5.82 Å². The van der Waals surface area contributed by atoms with Crippen molar-refractivity contribution < 1.29 is 13.9 Å². The first-order chi connectivity index (χ1) is 15.2. The van der Waals surface area contributed by atoms with Crippen LogP contribution in [0.15, 0.2) is 47.5 Å². The van der Waals surface area contributed by atoms with E-state index in [-0.39, 0.29) is 29.8 Å². The quantitative estimate of drug-likeness (QED) is 0.310. The predicted octanol–water partition coefficient (Wildman–Crippen LogP) is 3.79. The van der Waals surface area contributed by atoms with Crippen molar-refractivity contribution in [2.45, 2.75) is 25.8 Å². The highest BCUT2D eigenvalue weighted by Crippen LogP contribution is 2.32. The van der Waals surface area contributed by atoms with Gasteiger partial charge in [-0.2, -0.15) is 0 Å². The number of rotatable bonds is 7. The van der Waals surface area contributed by atoms with E-state index in [1.165, 1.54) is 11.6 Å². The molecular weight excluding hydrogens is 522 g/mol. The average Bonchev–Trinajstić information content (AvgIpc) is 3.26. The molecule has 8 heteroatoms. The van der Waals surface area contributed by atoms with Crippen LogP contribution >= 0.6 is 24.0 Å². The molecule has 1 saturated heterocycles. The molecule has 0 radical (unpaired) electrons. The Bertz CT molecular complexity index is 903. The van der Waals surface area contributed by atoms with Crippen LogP contribution in [0.2, 0.25) is 0 Å². The van der Waals surface area contributed by atoms with Crippen LogP contribution in [0.5, 0.6) is 11.5 Å². The highest BCUT2D eigenvalue weighted by molar-refractivity contribution is 14.0. The number of guanidine groups is 1. The van der Waals surface area contributed by atoms with E-state index in [1.807, 2.05) is 24.3 Å². The van der Waals surface area contributed by atoms with Gasteiger partial charge in [-0.05, 0) is 62.0 Å². The van der Waals surface area contributed by atoms with E-state index in [4.69, 9.17) is 9.47 Å². The summed E-state index contributed by atoms with van der Waals surface area (Å²) in [5.41, 5.74) is 1.99. The average molecular weight is 554 g/mol. The molecule has 0 bridgehead atoms. The molecule has 0 unspecified atom stereocenters. The van der Waals surface area contributed by atoms with Crippen LogP contribution in [0.3, 0.4) is 0 Å². The number of likely N-dealkylation sites (tertiary alicyclic amines) is 1. The normalized spacial score (nSPS) is 16.5. The third-order valence-electron chi connectivity index (χ3n) is 5.98. The van der Waals surface area contributed by atoms with Gasteiger partial charge in [-0.3, -0.25) is 9.89 Å². The third-order valence-corrected chi connectivity index (χ3v) is 5.98. The SMILES string of the molecule is CN=C(NCCc1ccc2c(c1)OCO2)NCC1CCN(Cc2ccccc2F)CC1.I. The molecule has 0 atom stereocenters. The maximum atomic E-state index is 13.9. The molecule has 2 aliphatic rings. The molecule has 0 spiro atoms. The van der Waals surface area contributed by atoms with E-state index in [0.717, 1.165) is 68.5 Å². The lowest BCUT2D eigenvalue weighted by Gasteiger charge is -2.32. The van der Waals surface area contributed by atoms with E-state index in [2.05, 4.69) is 26.6 Å². The number of ether oxygens (including phenoxy) is 2. The first-order valence-corrected chi connectivity index (χ1v) is 11.0. The summed E-state index contributed by atoms with van der Waals surface area (Å²) in [5.74, 6) is 2.95. The molecule has 2 aliphatic heterocycles. The molecule has 0 aliphatic carbocycles. The Morgan fingerprint density at radius 1 is 1.09 bits per heavy atom. The number of nitrogens with zero attached hydrogens (tertiary/aromatic N) is 2. The first-order valence-electron chi connectivity index (χ1n) is 11.0. The van der Waals surface area contributed by atoms with Gasteiger partial charge in [-0.15, -0.1) is 24.0 Å². The summed E-state index contributed by atoms with van der Waals surface area (Å²) < 4.78 is 24.7. The van der Waals surface area contributed by atoms with Gasteiger partial charge in [-0.1, -0.05) is 24.3 Å². The molecule has 32 heavy (non-hydrogen) atoms. The van der Waals surface area contributed by atoms with Gasteiger partial charge in [0.25, 0.3) is 0 Å². The fraction of sp³-hybridized carbons (Fsp3) is 0.458. The van der Waals surface area contributed by atoms with Crippen molar-refractivity contribution in [3.8, 4) is 11.5 Å². The monoisotopic (exact) mass is 554 g/mol. The van der Waals surface area contributed by atoms with Gasteiger partial charge in [0.15, 0.2) is 17.5 Å². The van der Waals surface area contributed by atoms with Gasteiger partial charge < -0.3 is 20.1 Å². The van der Waals surface area contributed by atoms with Gasteiger partial charge in [-0.25, -0.2) is 4.39 Å². The minimum atomic E-state index is -0.109. The zero-order chi connectivity index (χ0) is 21.5. The van der Waals surface area contributed by atoms with Crippen LogP contribution in [-0.4, -0.2) is 50.9 Å². The van der Waals surface area contributed by atoms with E-state index < -0.39 is 0 Å². The Kier molecular flexibility index (Phi) is 9.40. The van der Waals surface area contributed by atoms with Crippen molar-refractivity contribution in [3.05, 3.63) is 59.4 Å². The van der Waals surface area contributed by atoms with Gasteiger partial charge in [0, 0.05) is 32.2 Å². The zero-order valence-corrected chi connectivity index (χ0v) is 20.8. The van der Waals surface area contributed by atoms with Crippen LogP contribution in [0.25, 0.3) is 0 Å². The maximum absolute atomic E-state index is 13.9. The molecule has 2 aromatic rings. The molecule has 0 amide bonds. The molecule has 174 valence electrons. The number of hydrogen-bond donors (Lipinski definition) is 2. The summed E-state index contributed by atoms with van der Waals surface area (Å²) in [5, 5.41) is 6.84. The predicted molar refractivity (Wildman–Crippen MR) is 135 cm³/mol. The first kappa shape index (κ1) is 24.6. The van der Waals surface area contributed by atoms with E-state index in [1.54, 1.807) is 13.1 Å². The molecule has 4 rings (SSSR count). The lowest BCUT2D eigenvalue weighted by Crippen LogP contribution is -2.43. The zero-order valence-electron chi connectivity index (χ0n) is 18.5. The van der Waals surface area contributed by atoms with Crippen molar-refractivity contribution in [1.29, 1.82) is 0 Å². The molecule has 0 saturated carbocycles. The van der Waals surface area contributed by atoms with Crippen molar-refractivity contribution >= 4 is 29.9 Å². The Labute approximate surface area is 206 Å². The topological polar surface area (TPSA) is 58.1 Å². The van der Waals surface area contributed by atoms with Crippen molar-refractivity contribution in [1.82, 2.24) is 15.5 Å². The highest BCUT2D eigenvalue weighted by atomic mass is 127. The number of nitrogens with one attached hydrogen (secondary N) is 2. The molecular formula is C24H32FIN4O2. The Morgan fingerprint density at radius 3 is 2.66 bits per heavy atom. The second-order valence-corrected chi connectivity index (χ2v) is 8.13. The fourth-order valence-corrected chi connectivity index (χ4v) is 4.10. The van der Waals surface area contributed by atoms with Crippen LogP contribution in [0.4, 0.5) is 4.39 Å². The molecule has 2 aromatic carbocycles. The minimum Gasteiger partial charge on any atom is -0.454 e. The molecule has 2 N–H and O–H groups in total. The third kappa shape index (κ3) is 6.71. The number of halogens is 2. The van der Waals surface area contributed by atoms with Gasteiger partial charge in [0.2, 0.25) is 6.79 Å². The largest absolute Gasteiger partial charge is 0.454 e. The molecule has 0 aromatic heterocycles. The summed E-state index contributed by atoms with van der Waals surface area (Å²) >= 11 is 0. The second-order valence-electron chi connectivity index (χ2n) is 8.13. The van der Waals surface area contributed by atoms with Crippen LogP contribution in [0.1, 0.15) is 24.0 Å². The highest BCUT2D eigenvalue weighted by Gasteiger charge is 2.20. The standard InChI is InChI=1S/C24H31FN4O2.HI/c1-26-24(27-11-8-18-6-7-22-23(14-18)31-17-30-22)28-15-19-9-12-29(13-10-19)16-20-4-2-3-5-21(20)25;/h2-7,14,19H,8-13,15-17H2,1H3,(H2,26,27,28);1H. The number of fused-ring (bicyclic) bond motifs is 1. The summed E-state index contributed by atoms with van der Waals surface area (Å²) in [6.07, 6.45) is 3.09. The summed E-state index contributed by atoms with van der Waals surface area (Å²) in [4.78, 5) is 6.68. The van der Waals surface area contributed by atoms with Gasteiger partial charge >= 0.3 is 0 Å². The van der Waals surface area contributed by atoms with Crippen molar-refractivity contribution in [2.24, 2.45) is 10.9 Å². The van der Waals surface area contributed by atoms with Crippen molar-refractivity contribution in [3.63, 3.8) is 0 Å². The number of aliphatic imine (C=N–C) groups is 1. The Hall–Kier alpha value is -2.07. The Balaban J connectivity index is 0.00000289. The number of piperidine rings is 1. The maximum Gasteiger partial charge on any atom is 0.231 e. The number of benzene rings is 2. The second kappa shape index (κ2) is 12.2. The summed E-state index contributed by atoms with van der Waals surface area (Å²) in [7, 11) is 1.80. The number of hydrogen-bond acceptors (Lipinski definition) is 4. The molecule has 1 fully saturated rings. The smallest absolute Gasteiger partial charge is 0.231 e. The molecule has 6 nitrogen and oxygen atoms in total. The van der Waals surface area contributed by atoms with E-state index in [9.17, 15) is 4.39 Å².